The van der Waals surface area contributed by atoms with Gasteiger partial charge in [-0.05, 0) is 49.1 Å². The minimum absolute atomic E-state index is 0.303. The van der Waals surface area contributed by atoms with Gasteiger partial charge in [0, 0.05) is 43.5 Å². The van der Waals surface area contributed by atoms with E-state index < -0.39 is 0 Å². The van der Waals surface area contributed by atoms with Crippen molar-refractivity contribution in [2.45, 2.75) is 31.3 Å². The normalized spacial score (nSPS) is 22.1. The Morgan fingerprint density at radius 2 is 1.66 bits per heavy atom. The Balaban J connectivity index is 1.53. The number of ether oxygens (including phenoxy) is 3. The van der Waals surface area contributed by atoms with Crippen LogP contribution in [0.3, 0.4) is 0 Å². The standard InChI is InChI=1S/C23H29FN2O3/c1-27-21-10-7-16(13-23(21)29-3)20-6-4-5-18-15-25(11-12-26(18)20)17-8-9-19(24)22(14-17)28-2/h7-10,13-14,18,20H,4-6,11-12,15H2,1-3H3/t18-,20+/m0/s1. The van der Waals surface area contributed by atoms with E-state index in [1.54, 1.807) is 20.3 Å². The highest BCUT2D eigenvalue weighted by Gasteiger charge is 2.36. The molecule has 0 spiro atoms. The molecule has 0 N–H and O–H groups in total. The highest BCUT2D eigenvalue weighted by atomic mass is 19.1. The first-order valence-electron chi connectivity index (χ1n) is 10.2. The highest BCUT2D eigenvalue weighted by Crippen LogP contribution is 2.40. The first kappa shape index (κ1) is 19.8. The summed E-state index contributed by atoms with van der Waals surface area (Å²) in [4.78, 5) is 4.97. The van der Waals surface area contributed by atoms with Crippen LogP contribution in [0.4, 0.5) is 10.1 Å². The van der Waals surface area contributed by atoms with E-state index >= 15 is 0 Å². The van der Waals surface area contributed by atoms with Gasteiger partial charge in [-0.2, -0.15) is 0 Å². The lowest BCUT2D eigenvalue weighted by molar-refractivity contribution is 0.0715. The number of anilines is 1. The zero-order valence-corrected chi connectivity index (χ0v) is 17.4. The number of piperazine rings is 1. The Labute approximate surface area is 172 Å². The summed E-state index contributed by atoms with van der Waals surface area (Å²) in [5.41, 5.74) is 2.31. The van der Waals surface area contributed by atoms with Crippen LogP contribution in [0.15, 0.2) is 36.4 Å². The molecule has 0 amide bonds. The maximum atomic E-state index is 13.8. The second-order valence-corrected chi connectivity index (χ2v) is 7.72. The molecule has 29 heavy (non-hydrogen) atoms. The lowest BCUT2D eigenvalue weighted by Gasteiger charge is -2.49. The fraction of sp³-hybridized carbons (Fsp3) is 0.478. The molecule has 2 aromatic rings. The molecule has 2 fully saturated rings. The monoisotopic (exact) mass is 400 g/mol. The van der Waals surface area contributed by atoms with Crippen molar-refractivity contribution in [1.29, 1.82) is 0 Å². The number of piperidine rings is 1. The molecule has 5 nitrogen and oxygen atoms in total. The second kappa shape index (κ2) is 8.49. The third-order valence-electron chi connectivity index (χ3n) is 6.24. The van der Waals surface area contributed by atoms with Crippen LogP contribution in [-0.2, 0) is 0 Å². The predicted molar refractivity (Wildman–Crippen MR) is 112 cm³/mol. The van der Waals surface area contributed by atoms with E-state index in [1.165, 1.54) is 31.6 Å². The van der Waals surface area contributed by atoms with E-state index in [4.69, 9.17) is 14.2 Å². The zero-order valence-electron chi connectivity index (χ0n) is 17.4. The summed E-state index contributed by atoms with van der Waals surface area (Å²) >= 11 is 0. The van der Waals surface area contributed by atoms with E-state index in [0.717, 1.165) is 43.2 Å². The zero-order chi connectivity index (χ0) is 20.4. The van der Waals surface area contributed by atoms with Gasteiger partial charge in [0.15, 0.2) is 23.1 Å². The van der Waals surface area contributed by atoms with Crippen LogP contribution in [0.25, 0.3) is 0 Å². The number of nitrogens with zero attached hydrogens (tertiary/aromatic N) is 2. The number of hydrogen-bond acceptors (Lipinski definition) is 5. The van der Waals surface area contributed by atoms with E-state index in [2.05, 4.69) is 21.9 Å². The lowest BCUT2D eigenvalue weighted by Crippen LogP contribution is -2.55. The molecule has 0 aromatic heterocycles. The number of rotatable bonds is 5. The average Bonchev–Trinajstić information content (AvgIpc) is 2.78. The molecule has 0 radical (unpaired) electrons. The van der Waals surface area contributed by atoms with Crippen LogP contribution in [0.1, 0.15) is 30.9 Å². The van der Waals surface area contributed by atoms with Crippen LogP contribution >= 0.6 is 0 Å². The van der Waals surface area contributed by atoms with Gasteiger partial charge in [-0.3, -0.25) is 4.90 Å². The number of fused-ring (bicyclic) bond motifs is 1. The number of benzene rings is 2. The van der Waals surface area contributed by atoms with Crippen LogP contribution in [0.2, 0.25) is 0 Å². The first-order chi connectivity index (χ1) is 14.1. The van der Waals surface area contributed by atoms with Crippen molar-refractivity contribution < 1.29 is 18.6 Å². The molecule has 2 aliphatic heterocycles. The van der Waals surface area contributed by atoms with E-state index in [-0.39, 0.29) is 5.82 Å². The average molecular weight is 400 g/mol. The summed E-state index contributed by atoms with van der Waals surface area (Å²) in [5.74, 6) is 1.53. The molecular formula is C23H29FN2O3. The van der Waals surface area contributed by atoms with Gasteiger partial charge < -0.3 is 19.1 Å². The number of hydrogen-bond donors (Lipinski definition) is 0. The molecule has 0 unspecified atom stereocenters. The van der Waals surface area contributed by atoms with Gasteiger partial charge in [0.2, 0.25) is 0 Å². The Morgan fingerprint density at radius 1 is 0.862 bits per heavy atom. The maximum Gasteiger partial charge on any atom is 0.165 e. The molecular weight excluding hydrogens is 371 g/mol. The minimum atomic E-state index is -0.318. The van der Waals surface area contributed by atoms with E-state index in [1.807, 2.05) is 12.1 Å². The molecule has 6 heteroatoms. The van der Waals surface area contributed by atoms with Gasteiger partial charge >= 0.3 is 0 Å². The topological polar surface area (TPSA) is 34.2 Å². The van der Waals surface area contributed by atoms with E-state index in [0.29, 0.717) is 17.8 Å². The Kier molecular flexibility index (Phi) is 5.81. The first-order valence-corrected chi connectivity index (χ1v) is 10.2. The Morgan fingerprint density at radius 3 is 2.41 bits per heavy atom. The van der Waals surface area contributed by atoms with Gasteiger partial charge in [-0.25, -0.2) is 4.39 Å². The van der Waals surface area contributed by atoms with Gasteiger partial charge in [-0.1, -0.05) is 6.07 Å². The van der Waals surface area contributed by atoms with Crippen molar-refractivity contribution in [2.75, 3.05) is 45.9 Å². The number of methoxy groups -OCH3 is 3. The Hall–Kier alpha value is -2.47. The van der Waals surface area contributed by atoms with Crippen LogP contribution in [0, 0.1) is 5.82 Å². The minimum Gasteiger partial charge on any atom is -0.494 e. The lowest BCUT2D eigenvalue weighted by atomic mass is 9.89. The van der Waals surface area contributed by atoms with Crippen LogP contribution < -0.4 is 19.1 Å². The van der Waals surface area contributed by atoms with Crippen LogP contribution in [-0.4, -0.2) is 51.9 Å². The van der Waals surface area contributed by atoms with Gasteiger partial charge in [0.25, 0.3) is 0 Å². The van der Waals surface area contributed by atoms with Gasteiger partial charge in [0.05, 0.1) is 21.3 Å². The molecule has 2 heterocycles. The highest BCUT2D eigenvalue weighted by molar-refractivity contribution is 5.52. The van der Waals surface area contributed by atoms with Crippen molar-refractivity contribution in [3.8, 4) is 17.2 Å². The predicted octanol–water partition coefficient (Wildman–Crippen LogP) is 4.27. The largest absolute Gasteiger partial charge is 0.494 e. The number of halogens is 1. The van der Waals surface area contributed by atoms with Crippen molar-refractivity contribution >= 4 is 5.69 Å². The second-order valence-electron chi connectivity index (χ2n) is 7.72. The van der Waals surface area contributed by atoms with Crippen molar-refractivity contribution in [2.24, 2.45) is 0 Å². The molecule has 0 bridgehead atoms. The van der Waals surface area contributed by atoms with Gasteiger partial charge in [0.1, 0.15) is 0 Å². The molecule has 2 aromatic carbocycles. The molecule has 2 aliphatic rings. The molecule has 156 valence electrons. The summed E-state index contributed by atoms with van der Waals surface area (Å²) in [6.45, 7) is 2.83. The third kappa shape index (κ3) is 3.86. The molecule has 4 rings (SSSR count). The summed E-state index contributed by atoms with van der Waals surface area (Å²) in [5, 5.41) is 0. The molecule has 0 aliphatic carbocycles. The molecule has 0 saturated carbocycles. The SMILES string of the molecule is COc1cc(N2CCN3[C@@H](CCC[C@@H]3c3ccc(OC)c(OC)c3)C2)ccc1F. The maximum absolute atomic E-state index is 13.8. The summed E-state index contributed by atoms with van der Waals surface area (Å²) in [6, 6.07) is 12.3. The quantitative estimate of drug-likeness (QED) is 0.749. The Bertz CT molecular complexity index is 860. The third-order valence-corrected chi connectivity index (χ3v) is 6.24. The summed E-state index contributed by atoms with van der Waals surface area (Å²) < 4.78 is 29.9. The fourth-order valence-corrected chi connectivity index (χ4v) is 4.75. The summed E-state index contributed by atoms with van der Waals surface area (Å²) in [7, 11) is 4.86. The molecule has 2 saturated heterocycles. The van der Waals surface area contributed by atoms with Gasteiger partial charge in [-0.15, -0.1) is 0 Å². The summed E-state index contributed by atoms with van der Waals surface area (Å²) in [6.07, 6.45) is 3.52. The van der Waals surface area contributed by atoms with Crippen molar-refractivity contribution in [1.82, 2.24) is 4.90 Å². The van der Waals surface area contributed by atoms with Crippen molar-refractivity contribution in [3.05, 3.63) is 47.8 Å². The smallest absolute Gasteiger partial charge is 0.165 e. The van der Waals surface area contributed by atoms with Crippen LogP contribution in [0.5, 0.6) is 17.2 Å². The van der Waals surface area contributed by atoms with E-state index in [9.17, 15) is 4.39 Å². The fourth-order valence-electron chi connectivity index (χ4n) is 4.75. The molecule has 2 atom stereocenters. The van der Waals surface area contributed by atoms with Crippen molar-refractivity contribution in [3.63, 3.8) is 0 Å².